The first kappa shape index (κ1) is 22.5. The van der Waals surface area contributed by atoms with Crippen LogP contribution in [0.3, 0.4) is 0 Å². The fourth-order valence-electron chi connectivity index (χ4n) is 3.36. The number of allylic oxidation sites excluding steroid dienone is 8. The van der Waals surface area contributed by atoms with Crippen molar-refractivity contribution < 1.29 is 41.4 Å². The summed E-state index contributed by atoms with van der Waals surface area (Å²) in [6.45, 7) is 14.5. The second-order valence-corrected chi connectivity index (χ2v) is 18.1. The largest absolute Gasteiger partial charge is 1.00 e. The van der Waals surface area contributed by atoms with E-state index in [2.05, 4.69) is 65.1 Å². The second kappa shape index (κ2) is 9.69. The second-order valence-electron chi connectivity index (χ2n) is 6.34. The summed E-state index contributed by atoms with van der Waals surface area (Å²) in [7, 11) is 0. The van der Waals surface area contributed by atoms with Gasteiger partial charge in [-0.15, -0.1) is 0 Å². The van der Waals surface area contributed by atoms with Gasteiger partial charge in [-0.2, -0.15) is 0 Å². The molecular weight excluding hydrogens is 363 g/mol. The van der Waals surface area contributed by atoms with Gasteiger partial charge in [0.2, 0.25) is 0 Å². The van der Waals surface area contributed by atoms with Crippen LogP contribution in [-0.4, -0.2) is 6.19 Å². The average Bonchev–Trinajstić information content (AvgIpc) is 2.94. The van der Waals surface area contributed by atoms with E-state index in [1.165, 1.54) is 12.8 Å². The van der Waals surface area contributed by atoms with Crippen LogP contribution >= 0.6 is 0 Å². The van der Waals surface area contributed by atoms with E-state index in [1.54, 1.807) is 11.1 Å². The molecule has 0 nitrogen and oxygen atoms in total. The Morgan fingerprint density at radius 1 is 0.864 bits per heavy atom. The van der Waals surface area contributed by atoms with E-state index in [0.29, 0.717) is 11.8 Å². The summed E-state index contributed by atoms with van der Waals surface area (Å²) in [6, 6.07) is 0. The number of hydrogen-bond acceptors (Lipinski definition) is 0. The van der Waals surface area contributed by atoms with Crippen LogP contribution in [0.2, 0.25) is 13.1 Å². The van der Waals surface area contributed by atoms with Gasteiger partial charge in [-0.25, -0.2) is 0 Å². The van der Waals surface area contributed by atoms with Gasteiger partial charge >= 0.3 is 131 Å². The molecule has 0 fully saturated rings. The van der Waals surface area contributed by atoms with Gasteiger partial charge in [0.25, 0.3) is 0 Å². The van der Waals surface area contributed by atoms with Gasteiger partial charge in [-0.3, -0.25) is 0 Å². The van der Waals surface area contributed by atoms with Crippen LogP contribution in [0.15, 0.2) is 43.2 Å². The molecule has 0 N–H and O–H groups in total. The maximum Gasteiger partial charge on any atom is -1.00 e. The van der Waals surface area contributed by atoms with Crippen molar-refractivity contribution in [3.63, 3.8) is 0 Å². The zero-order valence-corrected chi connectivity index (χ0v) is 18.7. The van der Waals surface area contributed by atoms with Gasteiger partial charge in [0.1, 0.15) is 0 Å². The minimum Gasteiger partial charge on any atom is -1.00 e. The third kappa shape index (κ3) is 4.74. The van der Waals surface area contributed by atoms with Crippen LogP contribution in [0.4, 0.5) is 0 Å². The van der Waals surface area contributed by atoms with Crippen molar-refractivity contribution in [3.8, 4) is 0 Å². The topological polar surface area (TPSA) is 0 Å². The van der Waals surface area contributed by atoms with Crippen molar-refractivity contribution in [2.24, 2.45) is 11.8 Å². The normalized spacial score (nSPS) is 22.4. The Morgan fingerprint density at radius 3 is 1.45 bits per heavy atom. The summed E-state index contributed by atoms with van der Waals surface area (Å²) < 4.78 is 3.70. The number of rotatable bonds is 4. The molecule has 0 aromatic heterocycles. The van der Waals surface area contributed by atoms with Gasteiger partial charge in [0.15, 0.2) is 0 Å². The molecule has 0 heterocycles. The van der Waals surface area contributed by atoms with E-state index in [1.807, 2.05) is 7.76 Å². The molecule has 0 aromatic rings. The Labute approximate surface area is 155 Å². The molecule has 0 saturated heterocycles. The van der Waals surface area contributed by atoms with E-state index in [0.717, 1.165) is 0 Å². The SMILES string of the molecule is CCC1=CC(C)[C]([Ti+2]([C]2=CC(CC)=CC2C)=[Si](C)C)=C1.[Cl-].[Cl-]. The monoisotopic (exact) mass is 390 g/mol. The van der Waals surface area contributed by atoms with Gasteiger partial charge < -0.3 is 24.8 Å². The van der Waals surface area contributed by atoms with E-state index in [9.17, 15) is 0 Å². The van der Waals surface area contributed by atoms with Crippen molar-refractivity contribution in [1.29, 1.82) is 0 Å². The van der Waals surface area contributed by atoms with Crippen molar-refractivity contribution in [3.05, 3.63) is 43.2 Å². The Morgan fingerprint density at radius 2 is 1.23 bits per heavy atom. The molecule has 0 aromatic carbocycles. The molecule has 0 saturated carbocycles. The van der Waals surface area contributed by atoms with Gasteiger partial charge in [-0.1, -0.05) is 0 Å². The van der Waals surface area contributed by atoms with E-state index in [-0.39, 0.29) is 31.0 Å². The molecule has 0 amide bonds. The van der Waals surface area contributed by atoms with Crippen molar-refractivity contribution >= 4 is 6.19 Å². The van der Waals surface area contributed by atoms with Gasteiger partial charge in [0, 0.05) is 0 Å². The smallest absolute Gasteiger partial charge is 1.00 e. The maximum absolute atomic E-state index is 2.58. The molecule has 2 atom stereocenters. The number of halogens is 2. The Bertz CT molecular complexity index is 520. The summed E-state index contributed by atoms with van der Waals surface area (Å²) in [6.07, 6.45) is 12.4. The summed E-state index contributed by atoms with van der Waals surface area (Å²) in [4.78, 5) is 0. The zero-order chi connectivity index (χ0) is 14.9. The van der Waals surface area contributed by atoms with Crippen LogP contribution in [-0.2, 0) is 16.6 Å². The molecule has 0 bridgehead atoms. The van der Waals surface area contributed by atoms with Crippen LogP contribution in [0.1, 0.15) is 40.5 Å². The first-order chi connectivity index (χ1) is 9.47. The third-order valence-electron chi connectivity index (χ3n) is 4.48. The Hall–Kier alpha value is 0.471. The van der Waals surface area contributed by atoms with E-state index < -0.39 is 16.6 Å². The molecule has 122 valence electrons. The van der Waals surface area contributed by atoms with Crippen LogP contribution in [0.25, 0.3) is 0 Å². The van der Waals surface area contributed by atoms with Crippen molar-refractivity contribution in [1.82, 2.24) is 0 Å². The quantitative estimate of drug-likeness (QED) is 0.573. The fourth-order valence-corrected chi connectivity index (χ4v) is 15.6. The Balaban J connectivity index is 0.00000220. The average molecular weight is 391 g/mol. The predicted octanol–water partition coefficient (Wildman–Crippen LogP) is -0.396. The summed E-state index contributed by atoms with van der Waals surface area (Å²) in [5, 5.41) is 0. The van der Waals surface area contributed by atoms with Crippen LogP contribution in [0, 0.1) is 11.8 Å². The van der Waals surface area contributed by atoms with Gasteiger partial charge in [-0.05, 0) is 0 Å². The van der Waals surface area contributed by atoms with E-state index >= 15 is 0 Å². The third-order valence-corrected chi connectivity index (χ3v) is 16.2. The fraction of sp³-hybridized carbons (Fsp3) is 0.556. The minimum absolute atomic E-state index is 0. The standard InChI is InChI=1S/2C8H11.C2H6Si.2ClH.Ti/c2*1-3-8-5-4-7(2)6-8;1-3-2;;;/h2*5-7H,3H2,1-2H3;1-2H3;2*1H;/q;;;;;+2/p-2. The number of hydrogen-bond donors (Lipinski definition) is 0. The molecule has 0 aliphatic heterocycles. The summed E-state index contributed by atoms with van der Waals surface area (Å²) in [5.41, 5.74) is 3.16. The van der Waals surface area contributed by atoms with Crippen molar-refractivity contribution in [2.75, 3.05) is 0 Å². The first-order valence-electron chi connectivity index (χ1n) is 8.00. The van der Waals surface area contributed by atoms with Crippen molar-refractivity contribution in [2.45, 2.75) is 53.6 Å². The molecule has 2 rings (SSSR count). The molecule has 22 heavy (non-hydrogen) atoms. The van der Waals surface area contributed by atoms with Gasteiger partial charge in [0.05, 0.1) is 0 Å². The first-order valence-corrected chi connectivity index (χ1v) is 14.4. The molecule has 0 radical (unpaired) electrons. The van der Waals surface area contributed by atoms with Crippen LogP contribution < -0.4 is 24.8 Å². The molecule has 2 aliphatic rings. The zero-order valence-electron chi connectivity index (χ0n) is 14.6. The Kier molecular flexibility index (Phi) is 9.90. The molecule has 0 spiro atoms. The summed E-state index contributed by atoms with van der Waals surface area (Å²) in [5.74, 6) is 1.41. The molecule has 2 unspecified atom stereocenters. The minimum atomic E-state index is -1.24. The molecular formula is C18H28Cl2SiTi. The van der Waals surface area contributed by atoms with E-state index in [4.69, 9.17) is 0 Å². The summed E-state index contributed by atoms with van der Waals surface area (Å²) >= 11 is -1.24. The predicted molar refractivity (Wildman–Crippen MR) is 88.7 cm³/mol. The molecule has 2 aliphatic carbocycles. The maximum atomic E-state index is 2.58. The molecule has 4 heteroatoms. The van der Waals surface area contributed by atoms with Crippen LogP contribution in [0.5, 0.6) is 0 Å².